The number of hydrogen-bond donors (Lipinski definition) is 0. The van der Waals surface area contributed by atoms with Gasteiger partial charge in [-0.2, -0.15) is 4.52 Å². The molecule has 0 spiro atoms. The van der Waals surface area contributed by atoms with E-state index in [1.54, 1.807) is 42.0 Å². The van der Waals surface area contributed by atoms with E-state index in [-0.39, 0.29) is 0 Å². The Morgan fingerprint density at radius 3 is 2.56 bits per heavy atom. The Hall–Kier alpha value is -3.12. The van der Waals surface area contributed by atoms with Crippen molar-refractivity contribution in [3.05, 3.63) is 65.7 Å². The van der Waals surface area contributed by atoms with Gasteiger partial charge < -0.3 is 9.47 Å². The van der Waals surface area contributed by atoms with E-state index >= 15 is 0 Å². The molecule has 4 aromatic rings. The predicted molar refractivity (Wildman–Crippen MR) is 94.3 cm³/mol. The highest BCUT2D eigenvalue weighted by Gasteiger charge is 2.11. The zero-order valence-corrected chi connectivity index (χ0v) is 14.0. The first-order valence-corrected chi connectivity index (χ1v) is 7.92. The van der Waals surface area contributed by atoms with Gasteiger partial charge in [0, 0.05) is 17.7 Å². The van der Waals surface area contributed by atoms with E-state index in [9.17, 15) is 0 Å². The third-order valence-corrected chi connectivity index (χ3v) is 3.92. The number of methoxy groups -OCH3 is 1. The van der Waals surface area contributed by atoms with Gasteiger partial charge in [0.15, 0.2) is 11.5 Å². The van der Waals surface area contributed by atoms with E-state index in [1.165, 1.54) is 0 Å². The van der Waals surface area contributed by atoms with Crippen molar-refractivity contribution in [3.63, 3.8) is 0 Å². The van der Waals surface area contributed by atoms with Crippen LogP contribution in [0.25, 0.3) is 17.0 Å². The topological polar surface area (TPSA) is 61.5 Å². The lowest BCUT2D eigenvalue weighted by molar-refractivity contribution is 0.411. The molecule has 2 aromatic carbocycles. The summed E-state index contributed by atoms with van der Waals surface area (Å²) in [6.45, 7) is 0. The molecule has 0 amide bonds. The molecule has 2 aromatic heterocycles. The summed E-state index contributed by atoms with van der Waals surface area (Å²) in [5.74, 6) is 2.17. The molecule has 6 nitrogen and oxygen atoms in total. The summed E-state index contributed by atoms with van der Waals surface area (Å²) in [4.78, 5) is 0. The molecule has 0 aliphatic carbocycles. The summed E-state index contributed by atoms with van der Waals surface area (Å²) in [6.07, 6.45) is 0. The van der Waals surface area contributed by atoms with Gasteiger partial charge in [-0.3, -0.25) is 0 Å². The van der Waals surface area contributed by atoms with Gasteiger partial charge in [-0.05, 0) is 18.2 Å². The fraction of sp³-hybridized carbons (Fsp3) is 0.0556. The van der Waals surface area contributed by atoms with Crippen molar-refractivity contribution in [1.29, 1.82) is 0 Å². The number of ether oxygens (including phenoxy) is 2. The molecule has 124 valence electrons. The largest absolute Gasteiger partial charge is 0.497 e. The number of hydrogen-bond acceptors (Lipinski definition) is 5. The number of rotatable bonds is 4. The quantitative estimate of drug-likeness (QED) is 0.549. The van der Waals surface area contributed by atoms with Crippen molar-refractivity contribution < 1.29 is 9.47 Å². The summed E-state index contributed by atoms with van der Waals surface area (Å²) >= 11 is 6.22. The van der Waals surface area contributed by atoms with Crippen molar-refractivity contribution >= 4 is 17.2 Å². The van der Waals surface area contributed by atoms with E-state index in [0.29, 0.717) is 33.9 Å². The molecule has 0 saturated heterocycles. The van der Waals surface area contributed by atoms with Crippen LogP contribution in [0.1, 0.15) is 0 Å². The molecule has 0 atom stereocenters. The van der Waals surface area contributed by atoms with Gasteiger partial charge in [-0.25, -0.2) is 0 Å². The number of fused-ring (bicyclic) bond motifs is 1. The van der Waals surface area contributed by atoms with Crippen LogP contribution in [-0.4, -0.2) is 26.9 Å². The molecule has 0 unspecified atom stereocenters. The zero-order chi connectivity index (χ0) is 17.2. The van der Waals surface area contributed by atoms with Crippen molar-refractivity contribution in [1.82, 2.24) is 19.8 Å². The van der Waals surface area contributed by atoms with E-state index in [2.05, 4.69) is 15.3 Å². The molecule has 7 heteroatoms. The molecule has 0 radical (unpaired) electrons. The average Bonchev–Trinajstić information content (AvgIpc) is 3.07. The van der Waals surface area contributed by atoms with Crippen LogP contribution in [0, 0.1) is 0 Å². The highest BCUT2D eigenvalue weighted by molar-refractivity contribution is 6.32. The summed E-state index contributed by atoms with van der Waals surface area (Å²) in [6, 6.07) is 18.4. The van der Waals surface area contributed by atoms with Crippen LogP contribution in [0.3, 0.4) is 0 Å². The standard InChI is InChI=1S/C18H13ClN4O2/c1-24-13-7-8-15(14(19)11-13)25-17-10-9-16-20-21-18(23(16)22-17)12-5-3-2-4-6-12/h2-11H,1H3. The van der Waals surface area contributed by atoms with Crippen molar-refractivity contribution in [3.8, 4) is 28.8 Å². The molecule has 0 aliphatic rings. The minimum absolute atomic E-state index is 0.386. The Morgan fingerprint density at radius 2 is 1.80 bits per heavy atom. The first kappa shape index (κ1) is 15.4. The monoisotopic (exact) mass is 352 g/mol. The second-order valence-electron chi connectivity index (χ2n) is 5.23. The van der Waals surface area contributed by atoms with Gasteiger partial charge >= 0.3 is 0 Å². The third-order valence-electron chi connectivity index (χ3n) is 3.62. The Bertz CT molecular complexity index is 1030. The normalized spacial score (nSPS) is 10.8. The highest BCUT2D eigenvalue weighted by atomic mass is 35.5. The fourth-order valence-corrected chi connectivity index (χ4v) is 2.61. The summed E-state index contributed by atoms with van der Waals surface area (Å²) in [5, 5.41) is 13.3. The fourth-order valence-electron chi connectivity index (χ4n) is 2.40. The molecule has 0 fully saturated rings. The van der Waals surface area contributed by atoms with E-state index in [4.69, 9.17) is 21.1 Å². The predicted octanol–water partition coefficient (Wildman–Crippen LogP) is 4.25. The summed E-state index contributed by atoms with van der Waals surface area (Å²) in [7, 11) is 1.58. The molecule has 25 heavy (non-hydrogen) atoms. The Balaban J connectivity index is 1.72. The number of halogens is 1. The van der Waals surface area contributed by atoms with Crippen molar-refractivity contribution in [2.24, 2.45) is 0 Å². The minimum Gasteiger partial charge on any atom is -0.497 e. The van der Waals surface area contributed by atoms with Crippen LogP contribution in [-0.2, 0) is 0 Å². The summed E-state index contributed by atoms with van der Waals surface area (Å²) in [5.41, 5.74) is 1.55. The Morgan fingerprint density at radius 1 is 0.960 bits per heavy atom. The van der Waals surface area contributed by atoms with Gasteiger partial charge in [0.25, 0.3) is 0 Å². The van der Waals surface area contributed by atoms with Gasteiger partial charge in [-0.15, -0.1) is 15.3 Å². The molecule has 0 saturated carbocycles. The highest BCUT2D eigenvalue weighted by Crippen LogP contribution is 2.32. The lowest BCUT2D eigenvalue weighted by Gasteiger charge is -2.08. The van der Waals surface area contributed by atoms with E-state index < -0.39 is 0 Å². The maximum atomic E-state index is 6.22. The average molecular weight is 353 g/mol. The lowest BCUT2D eigenvalue weighted by atomic mass is 10.2. The van der Waals surface area contributed by atoms with Crippen LogP contribution in [0.15, 0.2) is 60.7 Å². The van der Waals surface area contributed by atoms with Crippen molar-refractivity contribution in [2.75, 3.05) is 7.11 Å². The minimum atomic E-state index is 0.386. The Kier molecular flexibility index (Phi) is 3.95. The first-order valence-electron chi connectivity index (χ1n) is 7.54. The van der Waals surface area contributed by atoms with Gasteiger partial charge in [0.1, 0.15) is 11.5 Å². The van der Waals surface area contributed by atoms with Crippen LogP contribution >= 0.6 is 11.6 Å². The summed E-state index contributed by atoms with van der Waals surface area (Å²) < 4.78 is 12.6. The molecular formula is C18H13ClN4O2. The maximum Gasteiger partial charge on any atom is 0.237 e. The lowest BCUT2D eigenvalue weighted by Crippen LogP contribution is -1.98. The zero-order valence-electron chi connectivity index (χ0n) is 13.3. The molecule has 0 N–H and O–H groups in total. The van der Waals surface area contributed by atoms with Crippen LogP contribution < -0.4 is 9.47 Å². The van der Waals surface area contributed by atoms with Gasteiger partial charge in [0.05, 0.1) is 12.1 Å². The first-order chi connectivity index (χ1) is 12.2. The SMILES string of the molecule is COc1ccc(Oc2ccc3nnc(-c4ccccc4)n3n2)c(Cl)c1. The van der Waals surface area contributed by atoms with E-state index in [1.807, 2.05) is 30.3 Å². The molecule has 0 bridgehead atoms. The van der Waals surface area contributed by atoms with Crippen LogP contribution in [0.5, 0.6) is 17.4 Å². The number of aromatic nitrogens is 4. The number of nitrogens with zero attached hydrogens (tertiary/aromatic N) is 4. The second-order valence-corrected chi connectivity index (χ2v) is 5.64. The van der Waals surface area contributed by atoms with Gasteiger partial charge in [0.2, 0.25) is 5.88 Å². The third kappa shape index (κ3) is 2.99. The molecule has 2 heterocycles. The van der Waals surface area contributed by atoms with Crippen LogP contribution in [0.4, 0.5) is 0 Å². The van der Waals surface area contributed by atoms with E-state index in [0.717, 1.165) is 5.56 Å². The molecule has 0 aliphatic heterocycles. The smallest absolute Gasteiger partial charge is 0.237 e. The van der Waals surface area contributed by atoms with Crippen molar-refractivity contribution in [2.45, 2.75) is 0 Å². The Labute approximate surface area is 148 Å². The molecular weight excluding hydrogens is 340 g/mol. The maximum absolute atomic E-state index is 6.22. The van der Waals surface area contributed by atoms with Gasteiger partial charge in [-0.1, -0.05) is 41.9 Å². The molecule has 4 rings (SSSR count). The second kappa shape index (κ2) is 6.41. The number of benzene rings is 2. The van der Waals surface area contributed by atoms with Crippen LogP contribution in [0.2, 0.25) is 5.02 Å².